The molecule has 0 radical (unpaired) electrons. The number of fused-ring (bicyclic) bond motifs is 6. The van der Waals surface area contributed by atoms with Gasteiger partial charge in [-0.3, -0.25) is 14.1 Å². The van der Waals surface area contributed by atoms with Crippen molar-refractivity contribution in [3.63, 3.8) is 0 Å². The van der Waals surface area contributed by atoms with E-state index in [0.29, 0.717) is 5.75 Å². The monoisotopic (exact) mass is 818 g/mol. The van der Waals surface area contributed by atoms with Gasteiger partial charge in [0.2, 0.25) is 0 Å². The van der Waals surface area contributed by atoms with Crippen LogP contribution in [0.15, 0.2) is 176 Å². The average molecular weight is 819 g/mol. The molecule has 8 nitrogen and oxygen atoms in total. The lowest BCUT2D eigenvalue weighted by atomic mass is 10.1. The van der Waals surface area contributed by atoms with E-state index in [4.69, 9.17) is 29.4 Å². The zero-order valence-electron chi connectivity index (χ0n) is 35.2. The van der Waals surface area contributed by atoms with Gasteiger partial charge in [0.15, 0.2) is 0 Å². The van der Waals surface area contributed by atoms with Crippen molar-refractivity contribution in [1.82, 2.24) is 29.1 Å². The number of pyridine rings is 2. The molecule has 0 aliphatic rings. The second-order valence-electron chi connectivity index (χ2n) is 16.0. The Bertz CT molecular complexity index is 3530. The van der Waals surface area contributed by atoms with Crippen molar-refractivity contribution < 1.29 is 9.47 Å². The maximum Gasteiger partial charge on any atom is 0.137 e. The second kappa shape index (κ2) is 15.7. The lowest BCUT2D eigenvalue weighted by Crippen LogP contribution is -2.00. The van der Waals surface area contributed by atoms with Crippen molar-refractivity contribution in [3.05, 3.63) is 193 Å². The van der Waals surface area contributed by atoms with E-state index in [-0.39, 0.29) is 0 Å². The fourth-order valence-electron chi connectivity index (χ4n) is 8.72. The molecule has 11 aromatic rings. The molecule has 304 valence electrons. The summed E-state index contributed by atoms with van der Waals surface area (Å²) in [4.78, 5) is 19.7. The van der Waals surface area contributed by atoms with Gasteiger partial charge in [-0.15, -0.1) is 0 Å². The number of ether oxygens (including phenoxy) is 2. The Morgan fingerprint density at radius 3 is 1.52 bits per heavy atom. The number of aryl methyl sites for hydroxylation is 3. The van der Waals surface area contributed by atoms with Gasteiger partial charge in [0.1, 0.15) is 34.6 Å². The standard InChI is InChI=1S/C55H42N6O2/c1-4-11-47-55(38-13-10-15-40(31-38)63-42-21-23-46-44-17-6-8-19-50(44)61(52(46)33-42)54-29-36(3)25-27-57-54)58-34-48(59-47)37-12-9-14-39(30-37)62-41-20-22-45-43-16-5-7-18-49(43)60(51(45)32-41)53-28-35(2)24-26-56-53/h5-10,12-34H,4,11H2,1-3H3. The molecule has 0 bridgehead atoms. The van der Waals surface area contributed by atoms with E-state index in [1.54, 1.807) is 0 Å². The molecule has 0 saturated heterocycles. The highest BCUT2D eigenvalue weighted by molar-refractivity contribution is 6.10. The van der Waals surface area contributed by atoms with Crippen molar-refractivity contribution in [2.24, 2.45) is 0 Å². The van der Waals surface area contributed by atoms with Crippen LogP contribution in [0.2, 0.25) is 0 Å². The molecule has 0 saturated carbocycles. The summed E-state index contributed by atoms with van der Waals surface area (Å²) in [6, 6.07) is 53.8. The Morgan fingerprint density at radius 2 is 0.968 bits per heavy atom. The molecule has 0 N–H and O–H groups in total. The minimum Gasteiger partial charge on any atom is -0.457 e. The predicted molar refractivity (Wildman–Crippen MR) is 254 cm³/mol. The molecule has 6 aromatic carbocycles. The highest BCUT2D eigenvalue weighted by atomic mass is 16.5. The molecule has 0 aliphatic heterocycles. The first-order valence-electron chi connectivity index (χ1n) is 21.3. The molecule has 0 unspecified atom stereocenters. The van der Waals surface area contributed by atoms with Crippen molar-refractivity contribution in [3.8, 4) is 57.1 Å². The molecular formula is C55H42N6O2. The molecule has 63 heavy (non-hydrogen) atoms. The van der Waals surface area contributed by atoms with Gasteiger partial charge in [-0.1, -0.05) is 74.0 Å². The summed E-state index contributed by atoms with van der Waals surface area (Å²) in [7, 11) is 0. The van der Waals surface area contributed by atoms with Crippen LogP contribution >= 0.6 is 0 Å². The fraction of sp³-hybridized carbons (Fsp3) is 0.0909. The van der Waals surface area contributed by atoms with Gasteiger partial charge < -0.3 is 9.47 Å². The van der Waals surface area contributed by atoms with E-state index in [2.05, 4.69) is 127 Å². The summed E-state index contributed by atoms with van der Waals surface area (Å²) < 4.78 is 17.6. The van der Waals surface area contributed by atoms with Gasteiger partial charge in [-0.05, 0) is 116 Å². The van der Waals surface area contributed by atoms with Crippen LogP contribution in [0.25, 0.3) is 77.8 Å². The molecule has 5 heterocycles. The van der Waals surface area contributed by atoms with Crippen molar-refractivity contribution in [1.29, 1.82) is 0 Å². The van der Waals surface area contributed by atoms with E-state index >= 15 is 0 Å². The Morgan fingerprint density at radius 1 is 0.460 bits per heavy atom. The van der Waals surface area contributed by atoms with Crippen LogP contribution in [0, 0.1) is 13.8 Å². The van der Waals surface area contributed by atoms with Crippen LogP contribution in [0.1, 0.15) is 30.2 Å². The average Bonchev–Trinajstić information content (AvgIpc) is 3.81. The molecular weight excluding hydrogens is 777 g/mol. The first kappa shape index (κ1) is 37.9. The Labute approximate surface area is 364 Å². The maximum absolute atomic E-state index is 6.59. The summed E-state index contributed by atoms with van der Waals surface area (Å²) >= 11 is 0. The number of rotatable bonds is 10. The van der Waals surface area contributed by atoms with Crippen LogP contribution in [0.4, 0.5) is 0 Å². The Hall–Kier alpha value is -8.10. The van der Waals surface area contributed by atoms with E-state index in [9.17, 15) is 0 Å². The number of nitrogens with zero attached hydrogens (tertiary/aromatic N) is 6. The van der Waals surface area contributed by atoms with Gasteiger partial charge in [0.05, 0.1) is 45.3 Å². The largest absolute Gasteiger partial charge is 0.457 e. The van der Waals surface area contributed by atoms with Crippen LogP contribution in [0.5, 0.6) is 23.0 Å². The van der Waals surface area contributed by atoms with Gasteiger partial charge in [-0.2, -0.15) is 0 Å². The molecule has 0 fully saturated rings. The minimum atomic E-state index is 0.713. The van der Waals surface area contributed by atoms with Crippen LogP contribution < -0.4 is 9.47 Å². The normalized spacial score (nSPS) is 11.5. The Balaban J connectivity index is 0.887. The van der Waals surface area contributed by atoms with E-state index in [1.165, 1.54) is 10.8 Å². The highest BCUT2D eigenvalue weighted by Crippen LogP contribution is 2.38. The van der Waals surface area contributed by atoms with E-state index in [1.807, 2.05) is 79.3 Å². The summed E-state index contributed by atoms with van der Waals surface area (Å²) in [6.07, 6.45) is 7.27. The molecule has 0 spiro atoms. The summed E-state index contributed by atoms with van der Waals surface area (Å²) in [5, 5.41) is 4.62. The number of hydrogen-bond acceptors (Lipinski definition) is 6. The molecule has 0 amide bonds. The molecule has 0 aliphatic carbocycles. The lowest BCUT2D eigenvalue weighted by Gasteiger charge is -2.13. The van der Waals surface area contributed by atoms with Gasteiger partial charge in [0.25, 0.3) is 0 Å². The number of hydrogen-bond donors (Lipinski definition) is 0. The van der Waals surface area contributed by atoms with Gasteiger partial charge in [-0.25, -0.2) is 15.0 Å². The topological polar surface area (TPSA) is 79.9 Å². The number of aromatic nitrogens is 6. The maximum atomic E-state index is 6.59. The lowest BCUT2D eigenvalue weighted by molar-refractivity contribution is 0.483. The van der Waals surface area contributed by atoms with E-state index in [0.717, 1.165) is 114 Å². The fourth-order valence-corrected chi connectivity index (χ4v) is 8.72. The third kappa shape index (κ3) is 7.01. The zero-order chi connectivity index (χ0) is 42.4. The predicted octanol–water partition coefficient (Wildman–Crippen LogP) is 13.9. The first-order chi connectivity index (χ1) is 31.0. The van der Waals surface area contributed by atoms with Crippen LogP contribution in [0.3, 0.4) is 0 Å². The SMILES string of the molecule is CCCc1nc(-c2cccc(Oc3ccc4c5ccccc5n(-c5cc(C)ccn5)c4c3)c2)cnc1-c1cccc(Oc2ccc3c4ccccc4n(-c4cc(C)ccn4)c3c2)c1. The third-order valence-corrected chi connectivity index (χ3v) is 11.6. The van der Waals surface area contributed by atoms with E-state index < -0.39 is 0 Å². The first-order valence-corrected chi connectivity index (χ1v) is 21.3. The van der Waals surface area contributed by atoms with Gasteiger partial charge in [0, 0.05) is 57.2 Å². The molecule has 8 heteroatoms. The summed E-state index contributed by atoms with van der Waals surface area (Å²) in [5.74, 6) is 4.65. The third-order valence-electron chi connectivity index (χ3n) is 11.6. The van der Waals surface area contributed by atoms with Crippen molar-refractivity contribution >= 4 is 43.6 Å². The number of para-hydroxylation sites is 2. The van der Waals surface area contributed by atoms with Gasteiger partial charge >= 0.3 is 0 Å². The summed E-state index contributed by atoms with van der Waals surface area (Å²) in [5.41, 5.74) is 11.0. The zero-order valence-corrected chi connectivity index (χ0v) is 35.2. The highest BCUT2D eigenvalue weighted by Gasteiger charge is 2.18. The minimum absolute atomic E-state index is 0.713. The smallest absolute Gasteiger partial charge is 0.137 e. The molecule has 11 rings (SSSR count). The second-order valence-corrected chi connectivity index (χ2v) is 16.0. The number of benzene rings is 6. The quantitative estimate of drug-likeness (QED) is 0.137. The van der Waals surface area contributed by atoms with Crippen molar-refractivity contribution in [2.45, 2.75) is 33.6 Å². The van der Waals surface area contributed by atoms with Crippen LogP contribution in [-0.4, -0.2) is 29.1 Å². The molecule has 0 atom stereocenters. The molecule has 5 aromatic heterocycles. The van der Waals surface area contributed by atoms with Crippen LogP contribution in [-0.2, 0) is 6.42 Å². The summed E-state index contributed by atoms with van der Waals surface area (Å²) in [6.45, 7) is 6.34. The van der Waals surface area contributed by atoms with Crippen molar-refractivity contribution in [2.75, 3.05) is 0 Å². The Kier molecular flexibility index (Phi) is 9.46.